The highest BCUT2D eigenvalue weighted by Crippen LogP contribution is 2.24. The summed E-state index contributed by atoms with van der Waals surface area (Å²) in [6, 6.07) is 0.194. The molecule has 1 atom stereocenters. The number of hydrogen-bond acceptors (Lipinski definition) is 5. The number of hydrogen-bond donors (Lipinski definition) is 2. The molecule has 0 bridgehead atoms. The number of carbonyl (C=O) groups is 1. The molecule has 0 spiro atoms. The van der Waals surface area contributed by atoms with Crippen LogP contribution in [-0.4, -0.2) is 60.4 Å². The summed E-state index contributed by atoms with van der Waals surface area (Å²) in [4.78, 5) is 16.6. The largest absolute Gasteiger partial charge is 0.352 e. The van der Waals surface area contributed by atoms with Crippen molar-refractivity contribution in [3.63, 3.8) is 0 Å². The Morgan fingerprint density at radius 1 is 1.31 bits per heavy atom. The van der Waals surface area contributed by atoms with E-state index in [9.17, 15) is 13.2 Å². The Hall–Kier alpha value is -1.16. The Balaban J connectivity index is 0.00000243. The van der Waals surface area contributed by atoms with Crippen LogP contribution < -0.4 is 10.6 Å². The molecule has 1 aromatic rings. The zero-order chi connectivity index (χ0) is 18.0. The van der Waals surface area contributed by atoms with Gasteiger partial charge in [-0.2, -0.15) is 4.31 Å². The molecular formula is C16H28ClN5O3S. The highest BCUT2D eigenvalue weighted by Gasteiger charge is 2.34. The number of nitrogens with one attached hydrogen (secondary N) is 2. The summed E-state index contributed by atoms with van der Waals surface area (Å²) in [5.41, 5.74) is 0. The van der Waals surface area contributed by atoms with Crippen LogP contribution in [0.1, 0.15) is 31.5 Å². The maximum atomic E-state index is 12.7. The van der Waals surface area contributed by atoms with E-state index in [0.29, 0.717) is 31.8 Å². The van der Waals surface area contributed by atoms with Crippen LogP contribution in [0.25, 0.3) is 0 Å². The summed E-state index contributed by atoms with van der Waals surface area (Å²) in [6.45, 7) is 4.32. The quantitative estimate of drug-likeness (QED) is 0.756. The fourth-order valence-corrected chi connectivity index (χ4v) is 4.93. The zero-order valence-corrected chi connectivity index (χ0v) is 16.9. The number of imidazole rings is 1. The number of piperidine rings is 2. The molecule has 0 radical (unpaired) electrons. The lowest BCUT2D eigenvalue weighted by Crippen LogP contribution is -2.49. The number of carbonyl (C=O) groups excluding carboxylic acids is 1. The van der Waals surface area contributed by atoms with Crippen molar-refractivity contribution in [2.24, 2.45) is 13.0 Å². The van der Waals surface area contributed by atoms with Crippen LogP contribution in [0.2, 0.25) is 0 Å². The smallest absolute Gasteiger partial charge is 0.262 e. The third kappa shape index (κ3) is 4.57. The molecule has 2 saturated heterocycles. The molecule has 1 amide bonds. The van der Waals surface area contributed by atoms with Gasteiger partial charge >= 0.3 is 0 Å². The third-order valence-electron chi connectivity index (χ3n) is 5.16. The molecule has 26 heavy (non-hydrogen) atoms. The van der Waals surface area contributed by atoms with Gasteiger partial charge in [0.05, 0.1) is 0 Å². The minimum absolute atomic E-state index is 0. The predicted molar refractivity (Wildman–Crippen MR) is 101 cm³/mol. The van der Waals surface area contributed by atoms with Crippen LogP contribution in [-0.2, 0) is 21.9 Å². The minimum atomic E-state index is -3.58. The number of amides is 1. The van der Waals surface area contributed by atoms with Gasteiger partial charge in [-0.1, -0.05) is 0 Å². The van der Waals surface area contributed by atoms with Gasteiger partial charge in [-0.3, -0.25) is 4.79 Å². The molecule has 2 aliphatic rings. The SMILES string of the molecule is Cc1nc(S(=O)(=O)N2CCC(C(=O)N[C@H]3CCCNC3)CC2)cn1C.Cl. The molecule has 2 fully saturated rings. The van der Waals surface area contributed by atoms with Gasteiger partial charge in [0, 0.05) is 44.8 Å². The van der Waals surface area contributed by atoms with E-state index in [1.54, 1.807) is 24.7 Å². The molecule has 3 rings (SSSR count). The topological polar surface area (TPSA) is 96.3 Å². The summed E-state index contributed by atoms with van der Waals surface area (Å²) in [5, 5.41) is 6.47. The Morgan fingerprint density at radius 2 is 2.00 bits per heavy atom. The molecule has 0 aliphatic carbocycles. The van der Waals surface area contributed by atoms with E-state index in [0.717, 1.165) is 25.9 Å². The number of nitrogens with zero attached hydrogens (tertiary/aromatic N) is 3. The fourth-order valence-electron chi connectivity index (χ4n) is 3.44. The van der Waals surface area contributed by atoms with Crippen molar-refractivity contribution in [3.8, 4) is 0 Å². The average molecular weight is 406 g/mol. The maximum absolute atomic E-state index is 12.7. The minimum Gasteiger partial charge on any atom is -0.352 e. The third-order valence-corrected chi connectivity index (χ3v) is 6.93. The molecule has 1 aromatic heterocycles. The number of aromatic nitrogens is 2. The second kappa shape index (κ2) is 8.69. The van der Waals surface area contributed by atoms with E-state index in [1.165, 1.54) is 4.31 Å². The highest BCUT2D eigenvalue weighted by atomic mass is 35.5. The second-order valence-electron chi connectivity index (χ2n) is 6.97. The molecule has 0 unspecified atom stereocenters. The van der Waals surface area contributed by atoms with Crippen LogP contribution >= 0.6 is 12.4 Å². The molecule has 3 heterocycles. The van der Waals surface area contributed by atoms with Gasteiger partial charge in [-0.05, 0) is 39.2 Å². The molecule has 0 aromatic carbocycles. The maximum Gasteiger partial charge on any atom is 0.262 e. The van der Waals surface area contributed by atoms with Gasteiger partial charge in [0.15, 0.2) is 5.03 Å². The first-order valence-electron chi connectivity index (χ1n) is 8.89. The molecule has 148 valence electrons. The van der Waals surface area contributed by atoms with E-state index in [4.69, 9.17) is 0 Å². The normalized spacial score (nSPS) is 22.6. The molecule has 0 saturated carbocycles. The Bertz CT molecular complexity index is 703. The summed E-state index contributed by atoms with van der Waals surface area (Å²) >= 11 is 0. The van der Waals surface area contributed by atoms with E-state index in [-0.39, 0.29) is 35.3 Å². The van der Waals surface area contributed by atoms with Crippen molar-refractivity contribution in [2.45, 2.75) is 43.7 Å². The van der Waals surface area contributed by atoms with E-state index < -0.39 is 10.0 Å². The van der Waals surface area contributed by atoms with Crippen LogP contribution in [0.4, 0.5) is 0 Å². The van der Waals surface area contributed by atoms with Gasteiger partial charge in [0.2, 0.25) is 5.91 Å². The van der Waals surface area contributed by atoms with Gasteiger partial charge in [0.1, 0.15) is 5.82 Å². The summed E-state index contributed by atoms with van der Waals surface area (Å²) in [5.74, 6) is 0.604. The lowest BCUT2D eigenvalue weighted by molar-refractivity contribution is -0.126. The van der Waals surface area contributed by atoms with Crippen LogP contribution in [0.3, 0.4) is 0 Å². The van der Waals surface area contributed by atoms with E-state index >= 15 is 0 Å². The van der Waals surface area contributed by atoms with Crippen molar-refractivity contribution in [1.82, 2.24) is 24.5 Å². The number of sulfonamides is 1. The molecular weight excluding hydrogens is 378 g/mol. The average Bonchev–Trinajstić information content (AvgIpc) is 2.96. The number of rotatable bonds is 4. The molecule has 2 aliphatic heterocycles. The predicted octanol–water partition coefficient (Wildman–Crippen LogP) is 0.419. The van der Waals surface area contributed by atoms with E-state index in [2.05, 4.69) is 15.6 Å². The van der Waals surface area contributed by atoms with Crippen molar-refractivity contribution in [3.05, 3.63) is 12.0 Å². The van der Waals surface area contributed by atoms with Crippen LogP contribution in [0.15, 0.2) is 11.2 Å². The van der Waals surface area contributed by atoms with Crippen LogP contribution in [0, 0.1) is 12.8 Å². The zero-order valence-electron chi connectivity index (χ0n) is 15.3. The Kier molecular flexibility index (Phi) is 7.06. The van der Waals surface area contributed by atoms with Crippen molar-refractivity contribution < 1.29 is 13.2 Å². The first-order chi connectivity index (χ1) is 11.9. The fraction of sp³-hybridized carbons (Fsp3) is 0.750. The second-order valence-corrected chi connectivity index (χ2v) is 8.85. The molecule has 8 nitrogen and oxygen atoms in total. The first kappa shape index (κ1) is 21.1. The van der Waals surface area contributed by atoms with Crippen molar-refractivity contribution in [2.75, 3.05) is 26.2 Å². The summed E-state index contributed by atoms with van der Waals surface area (Å²) in [7, 11) is -1.80. The lowest BCUT2D eigenvalue weighted by atomic mass is 9.96. The molecule has 2 N–H and O–H groups in total. The van der Waals surface area contributed by atoms with Crippen LogP contribution in [0.5, 0.6) is 0 Å². The first-order valence-corrected chi connectivity index (χ1v) is 10.3. The number of aryl methyl sites for hydroxylation is 2. The summed E-state index contributed by atoms with van der Waals surface area (Å²) in [6.07, 6.45) is 4.73. The van der Waals surface area contributed by atoms with Crippen molar-refractivity contribution >= 4 is 28.3 Å². The van der Waals surface area contributed by atoms with Gasteiger partial charge in [-0.15, -0.1) is 12.4 Å². The number of halogens is 1. The highest BCUT2D eigenvalue weighted by molar-refractivity contribution is 7.89. The Morgan fingerprint density at radius 3 is 2.54 bits per heavy atom. The molecule has 10 heteroatoms. The van der Waals surface area contributed by atoms with Gasteiger partial charge < -0.3 is 15.2 Å². The summed E-state index contributed by atoms with van der Waals surface area (Å²) < 4.78 is 28.5. The van der Waals surface area contributed by atoms with Crippen molar-refractivity contribution in [1.29, 1.82) is 0 Å². The monoisotopic (exact) mass is 405 g/mol. The standard InChI is InChI=1S/C16H27N5O3S.ClH/c1-12-18-15(11-20(12)2)25(23,24)21-8-5-13(6-9-21)16(22)19-14-4-3-7-17-10-14;/h11,13-14,17H,3-10H2,1-2H3,(H,19,22);1H/t14-;/m0./s1. The van der Waals surface area contributed by atoms with Gasteiger partial charge in [-0.25, -0.2) is 13.4 Å². The van der Waals surface area contributed by atoms with E-state index in [1.807, 2.05) is 0 Å². The Labute approximate surface area is 161 Å². The van der Waals surface area contributed by atoms with Gasteiger partial charge in [0.25, 0.3) is 10.0 Å². The lowest BCUT2D eigenvalue weighted by Gasteiger charge is -2.31.